The third kappa shape index (κ3) is 4.49. The Morgan fingerprint density at radius 2 is 2.07 bits per heavy atom. The van der Waals surface area contributed by atoms with E-state index in [1.807, 2.05) is 19.1 Å². The lowest BCUT2D eigenvalue weighted by atomic mass is 10.2. The van der Waals surface area contributed by atoms with Gasteiger partial charge in [0, 0.05) is 5.69 Å². The number of carbonyl (C=O) groups is 1. The molecule has 0 saturated carbocycles. The Labute approximate surface area is 90.4 Å². The molecule has 0 saturated heterocycles. The van der Waals surface area contributed by atoms with Crippen molar-refractivity contribution in [1.29, 1.82) is 0 Å². The van der Waals surface area contributed by atoms with E-state index in [1.165, 1.54) is 0 Å². The number of ether oxygens (including phenoxy) is 1. The van der Waals surface area contributed by atoms with Gasteiger partial charge in [0.15, 0.2) is 0 Å². The van der Waals surface area contributed by atoms with Crippen molar-refractivity contribution in [2.45, 2.75) is 19.8 Å². The number of benzene rings is 1. The number of rotatable bonds is 4. The van der Waals surface area contributed by atoms with Gasteiger partial charge in [-0.05, 0) is 31.0 Å². The lowest BCUT2D eigenvalue weighted by Gasteiger charge is -2.06. The van der Waals surface area contributed by atoms with E-state index in [2.05, 4.69) is 12.2 Å². The molecule has 0 unspecified atom stereocenters. The first-order valence-electron chi connectivity index (χ1n) is 5.08. The van der Waals surface area contributed by atoms with Gasteiger partial charge in [0.05, 0.1) is 6.61 Å². The third-order valence-corrected chi connectivity index (χ3v) is 1.93. The molecule has 1 rings (SSSR count). The number of unbranched alkanes of at least 4 members (excludes halogenated alkanes) is 1. The lowest BCUT2D eigenvalue weighted by Crippen LogP contribution is -2.14. The molecule has 0 heterocycles. The molecular weight excluding hydrogens is 190 g/mol. The molecule has 0 bridgehead atoms. The molecule has 0 fully saturated rings. The lowest BCUT2D eigenvalue weighted by molar-refractivity contribution is 0.160. The van der Waals surface area contributed by atoms with E-state index in [1.54, 1.807) is 12.1 Å². The molecule has 0 spiro atoms. The van der Waals surface area contributed by atoms with Crippen molar-refractivity contribution in [2.75, 3.05) is 11.9 Å². The van der Waals surface area contributed by atoms with Crippen LogP contribution in [0.4, 0.5) is 10.5 Å². The zero-order chi connectivity index (χ0) is 11.1. The van der Waals surface area contributed by atoms with Crippen molar-refractivity contribution in [2.24, 2.45) is 0 Å². The summed E-state index contributed by atoms with van der Waals surface area (Å²) in [5.74, 6) is 0. The van der Waals surface area contributed by atoms with Crippen LogP contribution < -0.4 is 5.32 Å². The fourth-order valence-electron chi connectivity index (χ4n) is 1.05. The largest absolute Gasteiger partial charge is 0.449 e. The topological polar surface area (TPSA) is 38.3 Å². The molecule has 15 heavy (non-hydrogen) atoms. The van der Waals surface area contributed by atoms with Crippen LogP contribution in [0, 0.1) is 6.92 Å². The van der Waals surface area contributed by atoms with Crippen LogP contribution in [0.3, 0.4) is 0 Å². The van der Waals surface area contributed by atoms with Crippen LogP contribution >= 0.6 is 0 Å². The van der Waals surface area contributed by atoms with Crippen LogP contribution in [-0.4, -0.2) is 12.7 Å². The number of amides is 1. The summed E-state index contributed by atoms with van der Waals surface area (Å²) in [6.45, 7) is 6.28. The van der Waals surface area contributed by atoms with Gasteiger partial charge >= 0.3 is 6.09 Å². The zero-order valence-electron chi connectivity index (χ0n) is 8.95. The Bertz CT molecular complexity index is 306. The fraction of sp³-hybridized carbons (Fsp3) is 0.333. The monoisotopic (exact) mass is 206 g/mol. The Morgan fingerprint density at radius 3 is 2.67 bits per heavy atom. The van der Waals surface area contributed by atoms with Gasteiger partial charge in [0.1, 0.15) is 0 Å². The maximum Gasteiger partial charge on any atom is 0.411 e. The van der Waals surface area contributed by atoms with Crippen molar-refractivity contribution >= 4 is 11.8 Å². The van der Waals surface area contributed by atoms with Gasteiger partial charge in [0.25, 0.3) is 0 Å². The standard InChI is InChI=1S/C12H16NO2/c1-3-4-9-15-12(14)13-11-7-5-10(2)6-8-11/h5-8H,2-4,9H2,1H3,(H,13,14). The van der Waals surface area contributed by atoms with Crippen molar-refractivity contribution in [1.82, 2.24) is 0 Å². The van der Waals surface area contributed by atoms with Crippen molar-refractivity contribution < 1.29 is 9.53 Å². The molecule has 0 aliphatic carbocycles. The highest BCUT2D eigenvalue weighted by Gasteiger charge is 2.01. The number of hydrogen-bond donors (Lipinski definition) is 1. The Morgan fingerprint density at radius 1 is 1.40 bits per heavy atom. The molecule has 81 valence electrons. The molecule has 1 amide bonds. The van der Waals surface area contributed by atoms with Gasteiger partial charge in [0.2, 0.25) is 0 Å². The number of hydrogen-bond acceptors (Lipinski definition) is 2. The summed E-state index contributed by atoms with van der Waals surface area (Å²) in [7, 11) is 0. The van der Waals surface area contributed by atoms with E-state index in [9.17, 15) is 4.79 Å². The van der Waals surface area contributed by atoms with Crippen molar-refractivity contribution in [3.05, 3.63) is 36.8 Å². The minimum Gasteiger partial charge on any atom is -0.449 e. The summed E-state index contributed by atoms with van der Waals surface area (Å²) in [5.41, 5.74) is 1.64. The average Bonchev–Trinajstić information content (AvgIpc) is 2.22. The van der Waals surface area contributed by atoms with Crippen LogP contribution in [0.1, 0.15) is 25.3 Å². The highest BCUT2D eigenvalue weighted by Crippen LogP contribution is 2.08. The first kappa shape index (κ1) is 11.6. The van der Waals surface area contributed by atoms with E-state index in [0.29, 0.717) is 6.61 Å². The van der Waals surface area contributed by atoms with E-state index in [0.717, 1.165) is 24.1 Å². The second kappa shape index (κ2) is 6.06. The molecule has 3 nitrogen and oxygen atoms in total. The minimum atomic E-state index is -0.403. The number of anilines is 1. The van der Waals surface area contributed by atoms with Crippen LogP contribution in [-0.2, 0) is 4.74 Å². The second-order valence-corrected chi connectivity index (χ2v) is 3.31. The quantitative estimate of drug-likeness (QED) is 0.768. The zero-order valence-corrected chi connectivity index (χ0v) is 8.95. The van der Waals surface area contributed by atoms with Gasteiger partial charge in [-0.25, -0.2) is 4.79 Å². The van der Waals surface area contributed by atoms with E-state index < -0.39 is 6.09 Å². The Kier molecular flexibility index (Phi) is 4.68. The van der Waals surface area contributed by atoms with Gasteiger partial charge in [-0.3, -0.25) is 5.32 Å². The summed E-state index contributed by atoms with van der Waals surface area (Å²) in [6.07, 6.45) is 1.51. The van der Waals surface area contributed by atoms with Crippen molar-refractivity contribution in [3.63, 3.8) is 0 Å². The maximum atomic E-state index is 11.2. The predicted octanol–water partition coefficient (Wildman–Crippen LogP) is 3.22. The average molecular weight is 206 g/mol. The molecule has 0 aliphatic rings. The molecular formula is C12H16NO2. The summed E-state index contributed by atoms with van der Waals surface area (Å²) in [6, 6.07) is 7.26. The van der Waals surface area contributed by atoms with Crippen LogP contribution in [0.2, 0.25) is 0 Å². The summed E-state index contributed by atoms with van der Waals surface area (Å²) in [4.78, 5) is 11.2. The summed E-state index contributed by atoms with van der Waals surface area (Å²) >= 11 is 0. The van der Waals surface area contributed by atoms with Crippen LogP contribution in [0.25, 0.3) is 0 Å². The first-order chi connectivity index (χ1) is 7.22. The second-order valence-electron chi connectivity index (χ2n) is 3.31. The molecule has 1 N–H and O–H groups in total. The molecule has 0 atom stereocenters. The third-order valence-electron chi connectivity index (χ3n) is 1.93. The van der Waals surface area contributed by atoms with Gasteiger partial charge in [-0.15, -0.1) is 0 Å². The van der Waals surface area contributed by atoms with E-state index in [-0.39, 0.29) is 0 Å². The minimum absolute atomic E-state index is 0.403. The van der Waals surface area contributed by atoms with Gasteiger partial charge in [-0.1, -0.05) is 25.5 Å². The molecule has 1 aromatic carbocycles. The van der Waals surface area contributed by atoms with Crippen LogP contribution in [0.5, 0.6) is 0 Å². The van der Waals surface area contributed by atoms with E-state index >= 15 is 0 Å². The predicted molar refractivity (Wildman–Crippen MR) is 60.8 cm³/mol. The van der Waals surface area contributed by atoms with E-state index in [4.69, 9.17) is 4.74 Å². The molecule has 0 aliphatic heterocycles. The highest BCUT2D eigenvalue weighted by molar-refractivity contribution is 5.84. The van der Waals surface area contributed by atoms with Gasteiger partial charge < -0.3 is 4.74 Å². The highest BCUT2D eigenvalue weighted by atomic mass is 16.5. The number of carbonyl (C=O) groups excluding carboxylic acids is 1. The van der Waals surface area contributed by atoms with Gasteiger partial charge in [-0.2, -0.15) is 0 Å². The molecule has 1 aromatic rings. The van der Waals surface area contributed by atoms with Crippen molar-refractivity contribution in [3.8, 4) is 0 Å². The first-order valence-corrected chi connectivity index (χ1v) is 5.08. The Balaban J connectivity index is 2.34. The smallest absolute Gasteiger partial charge is 0.411 e. The van der Waals surface area contributed by atoms with Crippen LogP contribution in [0.15, 0.2) is 24.3 Å². The molecule has 3 heteroatoms. The Hall–Kier alpha value is -1.51. The normalized spacial score (nSPS) is 9.73. The SMILES string of the molecule is [CH2]c1ccc(NC(=O)OCCCC)cc1. The molecule has 1 radical (unpaired) electrons. The maximum absolute atomic E-state index is 11.2. The molecule has 0 aromatic heterocycles. The number of nitrogens with one attached hydrogen (secondary N) is 1. The summed E-state index contributed by atoms with van der Waals surface area (Å²) < 4.78 is 4.95. The summed E-state index contributed by atoms with van der Waals surface area (Å²) in [5, 5.41) is 2.64. The fourth-order valence-corrected chi connectivity index (χ4v) is 1.05.